The van der Waals surface area contributed by atoms with Gasteiger partial charge >= 0.3 is 6.09 Å². The Hall–Kier alpha value is -3.63. The number of aliphatic hydroxyl groups is 1. The van der Waals surface area contributed by atoms with Crippen LogP contribution in [-0.2, 0) is 30.7 Å². The number of benzene rings is 2. The van der Waals surface area contributed by atoms with Crippen molar-refractivity contribution in [2.45, 2.75) is 88.9 Å². The summed E-state index contributed by atoms with van der Waals surface area (Å²) in [5.74, 6) is 0.446. The minimum absolute atomic E-state index is 0.0221. The topological polar surface area (TPSA) is 176 Å². The second-order valence-electron chi connectivity index (χ2n) is 14.1. The Morgan fingerprint density at radius 3 is 2.56 bits per heavy atom. The van der Waals surface area contributed by atoms with E-state index in [1.54, 1.807) is 13.8 Å². The molecule has 3 aliphatic heterocycles. The molecular formula is C35H48N3O11S-. The van der Waals surface area contributed by atoms with E-state index < -0.39 is 58.6 Å². The number of sulfonamides is 1. The molecule has 0 spiro atoms. The summed E-state index contributed by atoms with van der Waals surface area (Å²) in [5, 5.41) is 27.7. The van der Waals surface area contributed by atoms with Gasteiger partial charge in [0, 0.05) is 31.6 Å². The molecule has 276 valence electrons. The smallest absolute Gasteiger partial charge is 0.407 e. The molecule has 50 heavy (non-hydrogen) atoms. The SMILES string of the molecule is CC(C)OC(=O)NCCCC(C)(C)CN(C[C@@H](O)[C@H](Cc1ccccc1)N(C(=O)[O-])[C@H]1CO[C@H]2OCC[C@H]21)S(=O)(=O)c1ccc2c(c1)OCO2. The summed E-state index contributed by atoms with van der Waals surface area (Å²) in [6.07, 6.45) is -2.58. The fourth-order valence-electron chi connectivity index (χ4n) is 6.86. The molecular weight excluding hydrogens is 670 g/mol. The summed E-state index contributed by atoms with van der Waals surface area (Å²) in [5.41, 5.74) is 0.124. The van der Waals surface area contributed by atoms with Crippen molar-refractivity contribution in [3.8, 4) is 11.5 Å². The van der Waals surface area contributed by atoms with Gasteiger partial charge in [-0.3, -0.25) is 0 Å². The van der Waals surface area contributed by atoms with Crippen LogP contribution in [0, 0.1) is 11.3 Å². The van der Waals surface area contributed by atoms with E-state index in [4.69, 9.17) is 23.7 Å². The zero-order valence-electron chi connectivity index (χ0n) is 29.0. The van der Waals surface area contributed by atoms with Crippen molar-refractivity contribution in [1.29, 1.82) is 0 Å². The summed E-state index contributed by atoms with van der Waals surface area (Å²) in [6.45, 7) is 7.64. The highest BCUT2D eigenvalue weighted by atomic mass is 32.2. The van der Waals surface area contributed by atoms with Gasteiger partial charge in [-0.25, -0.2) is 13.2 Å². The number of aliphatic hydroxyl groups excluding tert-OH is 1. The molecule has 2 saturated heterocycles. The lowest BCUT2D eigenvalue weighted by Gasteiger charge is -2.43. The fourth-order valence-corrected chi connectivity index (χ4v) is 8.52. The van der Waals surface area contributed by atoms with E-state index in [9.17, 15) is 28.2 Å². The summed E-state index contributed by atoms with van der Waals surface area (Å²) < 4.78 is 57.4. The molecule has 15 heteroatoms. The van der Waals surface area contributed by atoms with Crippen LogP contribution in [0.15, 0.2) is 53.4 Å². The number of ether oxygens (including phenoxy) is 5. The zero-order chi connectivity index (χ0) is 36.1. The van der Waals surface area contributed by atoms with Crippen LogP contribution >= 0.6 is 0 Å². The molecule has 0 aromatic heterocycles. The standard InChI is InChI=1S/C35H49N3O11S/c1-23(2)49-33(40)36-15-8-14-35(3,4)21-37(50(43,44)25-11-12-30-31(18-25)48-22-47-30)19-29(39)27(17-24-9-6-5-7-10-24)38(34(41)42)28-20-46-32-26(28)13-16-45-32/h5-7,9-12,18,23,26-29,32,39H,8,13-17,19-22H2,1-4H3,(H,36,40)(H,41,42)/p-1/t26-,27-,28-,29+,32+/m0/s1. The number of amides is 2. The average Bonchev–Trinajstić information content (AvgIpc) is 3.81. The first-order chi connectivity index (χ1) is 23.7. The number of carbonyl (C=O) groups excluding carboxylic acids is 2. The Labute approximate surface area is 293 Å². The van der Waals surface area contributed by atoms with Crippen molar-refractivity contribution < 1.29 is 51.9 Å². The second kappa shape index (κ2) is 16.1. The molecule has 2 amide bonds. The maximum atomic E-state index is 14.4. The van der Waals surface area contributed by atoms with Gasteiger partial charge in [-0.2, -0.15) is 4.31 Å². The minimum atomic E-state index is -4.27. The van der Waals surface area contributed by atoms with Crippen molar-refractivity contribution in [3.05, 3.63) is 54.1 Å². The van der Waals surface area contributed by atoms with Crippen LogP contribution in [0.2, 0.25) is 0 Å². The number of nitrogens with zero attached hydrogens (tertiary/aromatic N) is 2. The van der Waals surface area contributed by atoms with Gasteiger partial charge in [0.05, 0.1) is 42.4 Å². The van der Waals surface area contributed by atoms with E-state index in [0.29, 0.717) is 38.2 Å². The molecule has 2 fully saturated rings. The van der Waals surface area contributed by atoms with Gasteiger partial charge in [-0.15, -0.1) is 0 Å². The van der Waals surface area contributed by atoms with Crippen molar-refractivity contribution in [2.24, 2.45) is 11.3 Å². The molecule has 5 rings (SSSR count). The fraction of sp³-hybridized carbons (Fsp3) is 0.600. The first-order valence-corrected chi connectivity index (χ1v) is 18.5. The minimum Gasteiger partial charge on any atom is -0.530 e. The molecule has 0 unspecified atom stereocenters. The number of fused-ring (bicyclic) bond motifs is 2. The third-order valence-electron chi connectivity index (χ3n) is 9.28. The van der Waals surface area contributed by atoms with Gasteiger partial charge in [0.1, 0.15) is 6.09 Å². The molecule has 3 heterocycles. The van der Waals surface area contributed by atoms with Crippen LogP contribution in [0.25, 0.3) is 0 Å². The zero-order valence-corrected chi connectivity index (χ0v) is 29.8. The number of alkyl carbamates (subject to hydrolysis) is 1. The highest BCUT2D eigenvalue weighted by molar-refractivity contribution is 7.89. The highest BCUT2D eigenvalue weighted by Gasteiger charge is 2.47. The van der Waals surface area contributed by atoms with Crippen molar-refractivity contribution in [2.75, 3.05) is 39.6 Å². The third-order valence-corrected chi connectivity index (χ3v) is 11.1. The van der Waals surface area contributed by atoms with Crippen LogP contribution in [-0.4, -0.2) is 105 Å². The van der Waals surface area contributed by atoms with Crippen LogP contribution in [0.3, 0.4) is 0 Å². The number of carboxylic acid groups (broad SMARTS) is 1. The lowest BCUT2D eigenvalue weighted by Crippen LogP contribution is -2.61. The Kier molecular flexibility index (Phi) is 12.2. The Bertz CT molecular complexity index is 1570. The van der Waals surface area contributed by atoms with Gasteiger partial charge in [-0.1, -0.05) is 44.2 Å². The maximum absolute atomic E-state index is 14.4. The number of hydrogen-bond acceptors (Lipinski definition) is 11. The summed E-state index contributed by atoms with van der Waals surface area (Å²) in [7, 11) is -4.27. The van der Waals surface area contributed by atoms with Crippen molar-refractivity contribution >= 4 is 22.2 Å². The number of hydrogen-bond donors (Lipinski definition) is 2. The van der Waals surface area contributed by atoms with E-state index in [0.717, 1.165) is 10.5 Å². The lowest BCUT2D eigenvalue weighted by atomic mass is 9.87. The summed E-state index contributed by atoms with van der Waals surface area (Å²) >= 11 is 0. The first kappa shape index (κ1) is 37.6. The van der Waals surface area contributed by atoms with E-state index in [-0.39, 0.29) is 49.0 Å². The van der Waals surface area contributed by atoms with E-state index in [2.05, 4.69) is 5.32 Å². The lowest BCUT2D eigenvalue weighted by molar-refractivity contribution is -0.273. The predicted molar refractivity (Wildman–Crippen MR) is 179 cm³/mol. The molecule has 2 N–H and O–H groups in total. The van der Waals surface area contributed by atoms with Crippen LogP contribution in [0.4, 0.5) is 9.59 Å². The summed E-state index contributed by atoms with van der Waals surface area (Å²) in [4.78, 5) is 26.0. The maximum Gasteiger partial charge on any atom is 0.407 e. The summed E-state index contributed by atoms with van der Waals surface area (Å²) in [6, 6.07) is 11.7. The molecule has 3 aliphatic rings. The molecule has 0 saturated carbocycles. The predicted octanol–water partition coefficient (Wildman–Crippen LogP) is 2.73. The monoisotopic (exact) mass is 718 g/mol. The Morgan fingerprint density at radius 1 is 1.10 bits per heavy atom. The average molecular weight is 719 g/mol. The van der Waals surface area contributed by atoms with Crippen LogP contribution in [0.5, 0.6) is 11.5 Å². The second-order valence-corrected chi connectivity index (χ2v) is 16.0. The molecule has 0 radical (unpaired) electrons. The van der Waals surface area contributed by atoms with E-state index >= 15 is 0 Å². The van der Waals surface area contributed by atoms with Crippen molar-refractivity contribution in [3.63, 3.8) is 0 Å². The van der Waals surface area contributed by atoms with Gasteiger partial charge in [0.15, 0.2) is 17.8 Å². The quantitative estimate of drug-likeness (QED) is 0.244. The Balaban J connectivity index is 1.43. The molecule has 0 bridgehead atoms. The molecule has 2 aromatic rings. The van der Waals surface area contributed by atoms with Gasteiger partial charge in [0.2, 0.25) is 16.8 Å². The van der Waals surface area contributed by atoms with Gasteiger partial charge in [0.25, 0.3) is 0 Å². The Morgan fingerprint density at radius 2 is 1.84 bits per heavy atom. The van der Waals surface area contributed by atoms with Gasteiger partial charge in [-0.05, 0) is 62.6 Å². The van der Waals surface area contributed by atoms with E-state index in [1.165, 1.54) is 22.5 Å². The molecule has 5 atom stereocenters. The van der Waals surface area contributed by atoms with E-state index in [1.807, 2.05) is 44.2 Å². The molecule has 0 aliphatic carbocycles. The highest BCUT2D eigenvalue weighted by Crippen LogP contribution is 2.38. The van der Waals surface area contributed by atoms with Crippen molar-refractivity contribution in [1.82, 2.24) is 14.5 Å². The normalized spacial score (nSPS) is 21.2. The van der Waals surface area contributed by atoms with Gasteiger partial charge < -0.3 is 48.9 Å². The van der Waals surface area contributed by atoms with Crippen LogP contribution < -0.4 is 19.9 Å². The number of rotatable bonds is 16. The third kappa shape index (κ3) is 9.18. The number of nitrogens with one attached hydrogen (secondary N) is 1. The molecule has 14 nitrogen and oxygen atoms in total. The molecule has 2 aromatic carbocycles. The van der Waals surface area contributed by atoms with Crippen LogP contribution in [0.1, 0.15) is 52.5 Å². The first-order valence-electron chi connectivity index (χ1n) is 17.0. The largest absolute Gasteiger partial charge is 0.530 e. The number of carbonyl (C=O) groups is 2.